The topological polar surface area (TPSA) is 87.8 Å². The second-order valence-corrected chi connectivity index (χ2v) is 8.45. The largest absolute Gasteiger partial charge is 0.357 e. The first kappa shape index (κ1) is 17.2. The molecule has 1 saturated carbocycles. The zero-order chi connectivity index (χ0) is 17.2. The third kappa shape index (κ3) is 3.72. The third-order valence-corrected chi connectivity index (χ3v) is 6.04. The summed E-state index contributed by atoms with van der Waals surface area (Å²) in [5, 5.41) is 8.55. The first-order chi connectivity index (χ1) is 11.4. The van der Waals surface area contributed by atoms with Crippen molar-refractivity contribution >= 4 is 16.0 Å². The van der Waals surface area contributed by atoms with E-state index in [1.807, 2.05) is 6.07 Å². The van der Waals surface area contributed by atoms with Crippen molar-refractivity contribution in [2.75, 3.05) is 19.6 Å². The molecule has 1 aliphatic carbocycles. The zero-order valence-corrected chi connectivity index (χ0v) is 15.0. The molecule has 0 unspecified atom stereocenters. The van der Waals surface area contributed by atoms with Crippen molar-refractivity contribution in [1.82, 2.24) is 10.2 Å². The van der Waals surface area contributed by atoms with Crippen LogP contribution in [0.2, 0.25) is 0 Å². The van der Waals surface area contributed by atoms with Crippen molar-refractivity contribution in [3.63, 3.8) is 0 Å². The van der Waals surface area contributed by atoms with E-state index in [2.05, 4.69) is 17.1 Å². The first-order valence-corrected chi connectivity index (χ1v) is 10.1. The lowest BCUT2D eigenvalue weighted by atomic mass is 9.68. The molecule has 132 valence electrons. The second-order valence-electron chi connectivity index (χ2n) is 6.89. The van der Waals surface area contributed by atoms with Crippen molar-refractivity contribution in [3.8, 4) is 0 Å². The number of benzene rings is 1. The number of sulfonamides is 1. The smallest absolute Gasteiger partial charge is 0.238 e. The Balaban J connectivity index is 1.72. The van der Waals surface area contributed by atoms with Crippen molar-refractivity contribution in [3.05, 3.63) is 29.8 Å². The summed E-state index contributed by atoms with van der Waals surface area (Å²) >= 11 is 0. The van der Waals surface area contributed by atoms with Gasteiger partial charge in [0.2, 0.25) is 10.0 Å². The summed E-state index contributed by atoms with van der Waals surface area (Å²) in [7, 11) is -3.68. The predicted molar refractivity (Wildman–Crippen MR) is 95.1 cm³/mol. The number of primary sulfonamides is 1. The van der Waals surface area contributed by atoms with Crippen LogP contribution in [0.3, 0.4) is 0 Å². The van der Waals surface area contributed by atoms with Crippen LogP contribution in [0.5, 0.6) is 0 Å². The van der Waals surface area contributed by atoms with E-state index < -0.39 is 10.0 Å². The number of aliphatic imine (C=N–C) groups is 1. The highest BCUT2D eigenvalue weighted by Gasteiger charge is 2.43. The van der Waals surface area contributed by atoms with E-state index in [0.29, 0.717) is 12.0 Å². The highest BCUT2D eigenvalue weighted by Crippen LogP contribution is 2.47. The number of rotatable bonds is 4. The van der Waals surface area contributed by atoms with Gasteiger partial charge >= 0.3 is 0 Å². The van der Waals surface area contributed by atoms with Gasteiger partial charge < -0.3 is 10.2 Å². The van der Waals surface area contributed by atoms with E-state index in [-0.39, 0.29) is 4.90 Å². The molecule has 2 fully saturated rings. The Hall–Kier alpha value is -1.60. The van der Waals surface area contributed by atoms with E-state index in [1.165, 1.54) is 31.7 Å². The van der Waals surface area contributed by atoms with E-state index in [0.717, 1.165) is 31.2 Å². The van der Waals surface area contributed by atoms with Gasteiger partial charge in [0.1, 0.15) is 0 Å². The van der Waals surface area contributed by atoms with Crippen LogP contribution >= 0.6 is 0 Å². The van der Waals surface area contributed by atoms with E-state index in [9.17, 15) is 8.42 Å². The molecule has 0 bridgehead atoms. The lowest BCUT2D eigenvalue weighted by molar-refractivity contribution is 0.151. The monoisotopic (exact) mass is 350 g/mol. The van der Waals surface area contributed by atoms with Gasteiger partial charge in [0.15, 0.2) is 5.96 Å². The zero-order valence-electron chi connectivity index (χ0n) is 14.2. The normalized spacial score (nSPS) is 20.2. The molecule has 6 nitrogen and oxygen atoms in total. The fourth-order valence-electron chi connectivity index (χ4n) is 3.61. The van der Waals surface area contributed by atoms with Crippen LogP contribution in [0, 0.1) is 5.41 Å². The number of nitrogens with zero attached hydrogens (tertiary/aromatic N) is 2. The van der Waals surface area contributed by atoms with Gasteiger partial charge in [-0.15, -0.1) is 0 Å². The van der Waals surface area contributed by atoms with E-state index in [4.69, 9.17) is 10.1 Å². The van der Waals surface area contributed by atoms with Gasteiger partial charge in [0.25, 0.3) is 0 Å². The number of likely N-dealkylation sites (tertiary alicyclic amines) is 1. The van der Waals surface area contributed by atoms with Crippen LogP contribution in [-0.2, 0) is 16.6 Å². The molecule has 1 aliphatic heterocycles. The summed E-state index contributed by atoms with van der Waals surface area (Å²) in [5.74, 6) is 0.919. The minimum absolute atomic E-state index is 0.134. The van der Waals surface area contributed by atoms with Gasteiger partial charge in [-0.25, -0.2) is 18.5 Å². The highest BCUT2D eigenvalue weighted by molar-refractivity contribution is 7.89. The number of hydrogen-bond acceptors (Lipinski definition) is 3. The minimum Gasteiger partial charge on any atom is -0.357 e. The Morgan fingerprint density at radius 2 is 2.17 bits per heavy atom. The number of hydrogen-bond donors (Lipinski definition) is 2. The molecule has 0 radical (unpaired) electrons. The van der Waals surface area contributed by atoms with Gasteiger partial charge in [-0.3, -0.25) is 0 Å². The summed E-state index contributed by atoms with van der Waals surface area (Å²) in [4.78, 5) is 7.18. The second kappa shape index (κ2) is 6.72. The SMILES string of the molecule is CCNC(=NCc1cccc(S(N)(=O)=O)c1)N1CCC2(CCC2)C1. The summed E-state index contributed by atoms with van der Waals surface area (Å²) in [5.41, 5.74) is 1.36. The maximum Gasteiger partial charge on any atom is 0.238 e. The molecular formula is C17H26N4O2S. The first-order valence-electron chi connectivity index (χ1n) is 8.57. The maximum absolute atomic E-state index is 11.5. The lowest BCUT2D eigenvalue weighted by Crippen LogP contribution is -2.42. The van der Waals surface area contributed by atoms with E-state index in [1.54, 1.807) is 12.1 Å². The Morgan fingerprint density at radius 1 is 1.38 bits per heavy atom. The fourth-order valence-corrected chi connectivity index (χ4v) is 4.20. The number of guanidine groups is 1. The van der Waals surface area contributed by atoms with Crippen LogP contribution in [0.1, 0.15) is 38.2 Å². The average Bonchev–Trinajstić information content (AvgIpc) is 2.96. The molecule has 1 spiro atoms. The third-order valence-electron chi connectivity index (χ3n) is 5.13. The van der Waals surface area contributed by atoms with Crippen LogP contribution < -0.4 is 10.5 Å². The standard InChI is InChI=1S/C17H26N4O2S/c1-2-19-16(21-10-9-17(13-21)7-4-8-17)20-12-14-5-3-6-15(11-14)24(18,22)23/h3,5-6,11H,2,4,7-10,12-13H2,1H3,(H,19,20)(H2,18,22,23). The molecule has 0 atom stereocenters. The Labute approximate surface area is 144 Å². The Bertz CT molecular complexity index is 726. The van der Waals surface area contributed by atoms with Crippen molar-refractivity contribution < 1.29 is 8.42 Å². The molecule has 3 N–H and O–H groups in total. The van der Waals surface area contributed by atoms with Crippen LogP contribution in [0.4, 0.5) is 0 Å². The number of nitrogens with one attached hydrogen (secondary N) is 1. The minimum atomic E-state index is -3.68. The molecule has 0 amide bonds. The molecule has 2 aliphatic rings. The molecular weight excluding hydrogens is 324 g/mol. The van der Waals surface area contributed by atoms with Gasteiger partial charge in [-0.1, -0.05) is 18.6 Å². The summed E-state index contributed by atoms with van der Waals surface area (Å²) in [6.45, 7) is 5.44. The number of nitrogens with two attached hydrogens (primary N) is 1. The van der Waals surface area contributed by atoms with Crippen LogP contribution in [0.25, 0.3) is 0 Å². The van der Waals surface area contributed by atoms with Crippen LogP contribution in [-0.4, -0.2) is 38.9 Å². The Kier molecular flexibility index (Phi) is 4.83. The lowest BCUT2D eigenvalue weighted by Gasteiger charge is -2.38. The molecule has 1 saturated heterocycles. The molecule has 1 aromatic carbocycles. The van der Waals surface area contributed by atoms with Crippen molar-refractivity contribution in [2.24, 2.45) is 15.5 Å². The molecule has 1 aromatic rings. The van der Waals surface area contributed by atoms with Gasteiger partial charge in [-0.05, 0) is 49.3 Å². The summed E-state index contributed by atoms with van der Waals surface area (Å²) < 4.78 is 22.9. The fraction of sp³-hybridized carbons (Fsp3) is 0.588. The van der Waals surface area contributed by atoms with E-state index >= 15 is 0 Å². The maximum atomic E-state index is 11.5. The molecule has 1 heterocycles. The van der Waals surface area contributed by atoms with Gasteiger partial charge in [0, 0.05) is 19.6 Å². The summed E-state index contributed by atoms with van der Waals surface area (Å²) in [6, 6.07) is 6.68. The van der Waals surface area contributed by atoms with Crippen LogP contribution in [0.15, 0.2) is 34.2 Å². The highest BCUT2D eigenvalue weighted by atomic mass is 32.2. The van der Waals surface area contributed by atoms with Gasteiger partial charge in [0.05, 0.1) is 11.4 Å². The quantitative estimate of drug-likeness (QED) is 0.639. The average molecular weight is 350 g/mol. The molecule has 3 rings (SSSR count). The summed E-state index contributed by atoms with van der Waals surface area (Å²) in [6.07, 6.45) is 5.26. The molecule has 7 heteroatoms. The van der Waals surface area contributed by atoms with Crippen molar-refractivity contribution in [1.29, 1.82) is 0 Å². The molecule has 0 aromatic heterocycles. The van der Waals surface area contributed by atoms with Gasteiger partial charge in [-0.2, -0.15) is 0 Å². The predicted octanol–water partition coefficient (Wildman–Crippen LogP) is 1.68. The molecule has 24 heavy (non-hydrogen) atoms. The Morgan fingerprint density at radius 3 is 2.75 bits per heavy atom. The van der Waals surface area contributed by atoms with Crippen molar-refractivity contribution in [2.45, 2.75) is 44.0 Å².